The summed E-state index contributed by atoms with van der Waals surface area (Å²) < 4.78 is 8.11. The zero-order valence-corrected chi connectivity index (χ0v) is 18.0. The third kappa shape index (κ3) is 4.41. The Kier molecular flexibility index (Phi) is 6.06. The van der Waals surface area contributed by atoms with Gasteiger partial charge < -0.3 is 14.2 Å². The SMILES string of the molecule is CCOc1ccc(C(=O)CSC(=S)N2CC3CC(C2)c2cccc(=O)n2C3)cc1. The van der Waals surface area contributed by atoms with E-state index in [1.807, 2.05) is 29.7 Å². The first-order chi connectivity index (χ1) is 14.0. The summed E-state index contributed by atoms with van der Waals surface area (Å²) in [6.07, 6.45) is 1.10. The number of rotatable bonds is 5. The van der Waals surface area contributed by atoms with Gasteiger partial charge in [0.1, 0.15) is 10.1 Å². The molecule has 0 aliphatic carbocycles. The molecule has 2 aromatic rings. The summed E-state index contributed by atoms with van der Waals surface area (Å²) >= 11 is 7.08. The van der Waals surface area contributed by atoms with E-state index >= 15 is 0 Å². The van der Waals surface area contributed by atoms with Gasteiger partial charge in [0.05, 0.1) is 12.4 Å². The second-order valence-electron chi connectivity index (χ2n) is 7.54. The van der Waals surface area contributed by atoms with Crippen molar-refractivity contribution in [3.05, 3.63) is 64.1 Å². The number of carbonyl (C=O) groups is 1. The summed E-state index contributed by atoms with van der Waals surface area (Å²) in [7, 11) is 0. The topological polar surface area (TPSA) is 51.5 Å². The summed E-state index contributed by atoms with van der Waals surface area (Å²) in [5.74, 6) is 1.90. The predicted molar refractivity (Wildman–Crippen MR) is 120 cm³/mol. The van der Waals surface area contributed by atoms with Crippen LogP contribution in [0.2, 0.25) is 0 Å². The lowest BCUT2D eigenvalue weighted by Crippen LogP contribution is -2.48. The van der Waals surface area contributed by atoms with Crippen molar-refractivity contribution in [3.63, 3.8) is 0 Å². The first-order valence-electron chi connectivity index (χ1n) is 9.92. The van der Waals surface area contributed by atoms with Crippen molar-refractivity contribution < 1.29 is 9.53 Å². The third-order valence-corrected chi connectivity index (χ3v) is 7.08. The van der Waals surface area contributed by atoms with Crippen molar-refractivity contribution in [1.29, 1.82) is 0 Å². The van der Waals surface area contributed by atoms with Crippen molar-refractivity contribution in [1.82, 2.24) is 9.47 Å². The van der Waals surface area contributed by atoms with Gasteiger partial charge >= 0.3 is 0 Å². The van der Waals surface area contributed by atoms with E-state index in [1.165, 1.54) is 11.8 Å². The highest BCUT2D eigenvalue weighted by Gasteiger charge is 2.35. The van der Waals surface area contributed by atoms with Crippen LogP contribution in [0.4, 0.5) is 0 Å². The first kappa shape index (κ1) is 20.2. The van der Waals surface area contributed by atoms with Crippen LogP contribution in [0.1, 0.15) is 35.3 Å². The third-order valence-electron chi connectivity index (χ3n) is 5.55. The highest BCUT2D eigenvalue weighted by molar-refractivity contribution is 8.23. The van der Waals surface area contributed by atoms with Gasteiger partial charge in [-0.2, -0.15) is 0 Å². The van der Waals surface area contributed by atoms with Gasteiger partial charge in [-0.3, -0.25) is 9.59 Å². The zero-order valence-electron chi connectivity index (χ0n) is 16.4. The largest absolute Gasteiger partial charge is 0.494 e. The summed E-state index contributed by atoms with van der Waals surface area (Å²) in [6, 6.07) is 12.8. The van der Waals surface area contributed by atoms with Crippen LogP contribution in [0.5, 0.6) is 5.75 Å². The molecule has 152 valence electrons. The van der Waals surface area contributed by atoms with Gasteiger partial charge in [0, 0.05) is 42.9 Å². The van der Waals surface area contributed by atoms with Crippen LogP contribution in [0.25, 0.3) is 0 Å². The Labute approximate surface area is 180 Å². The smallest absolute Gasteiger partial charge is 0.250 e. The van der Waals surface area contributed by atoms with E-state index in [2.05, 4.69) is 11.0 Å². The van der Waals surface area contributed by atoms with Gasteiger partial charge in [0.25, 0.3) is 5.56 Å². The first-order valence-corrected chi connectivity index (χ1v) is 11.3. The number of carbonyl (C=O) groups excluding carboxylic acids is 1. The Morgan fingerprint density at radius 3 is 2.72 bits per heavy atom. The monoisotopic (exact) mass is 428 g/mol. The van der Waals surface area contributed by atoms with E-state index < -0.39 is 0 Å². The number of likely N-dealkylation sites (tertiary alicyclic amines) is 1. The molecule has 4 rings (SSSR count). The van der Waals surface area contributed by atoms with E-state index in [1.54, 1.807) is 18.2 Å². The Bertz CT molecular complexity index is 971. The highest BCUT2D eigenvalue weighted by atomic mass is 32.2. The number of ketones is 1. The molecule has 2 aliphatic rings. The van der Waals surface area contributed by atoms with E-state index in [9.17, 15) is 9.59 Å². The van der Waals surface area contributed by atoms with E-state index in [-0.39, 0.29) is 11.3 Å². The van der Waals surface area contributed by atoms with Crippen molar-refractivity contribution >= 4 is 34.1 Å². The number of benzene rings is 1. The predicted octanol–water partition coefficient (Wildman–Crippen LogP) is 3.57. The Hall–Kier alpha value is -2.12. The molecular formula is C22H24N2O3S2. The summed E-state index contributed by atoms with van der Waals surface area (Å²) in [6.45, 7) is 4.94. The number of thioether (sulfide) groups is 1. The number of hydrogen-bond donors (Lipinski definition) is 0. The van der Waals surface area contributed by atoms with Crippen molar-refractivity contribution in [2.45, 2.75) is 25.8 Å². The maximum atomic E-state index is 12.5. The lowest BCUT2D eigenvalue weighted by molar-refractivity contribution is 0.102. The van der Waals surface area contributed by atoms with Crippen LogP contribution in [-0.2, 0) is 6.54 Å². The molecule has 1 fully saturated rings. The minimum Gasteiger partial charge on any atom is -0.494 e. The minimum atomic E-state index is 0.0644. The summed E-state index contributed by atoms with van der Waals surface area (Å²) in [4.78, 5) is 26.9. The van der Waals surface area contributed by atoms with Gasteiger partial charge in [0.15, 0.2) is 5.78 Å². The number of piperidine rings is 1. The number of thiocarbonyl (C=S) groups is 1. The summed E-state index contributed by atoms with van der Waals surface area (Å²) in [5.41, 5.74) is 1.87. The lowest BCUT2D eigenvalue weighted by Gasteiger charge is -2.43. The average Bonchev–Trinajstić information content (AvgIpc) is 2.73. The van der Waals surface area contributed by atoms with Gasteiger partial charge in [0.2, 0.25) is 0 Å². The molecule has 5 nitrogen and oxygen atoms in total. The van der Waals surface area contributed by atoms with E-state index in [0.717, 1.165) is 41.8 Å². The molecule has 3 heterocycles. The fourth-order valence-corrected chi connectivity index (χ4v) is 5.33. The maximum absolute atomic E-state index is 12.5. The fraction of sp³-hybridized carbons (Fsp3) is 0.409. The molecule has 0 radical (unpaired) electrons. The molecule has 0 amide bonds. The molecule has 2 unspecified atom stereocenters. The summed E-state index contributed by atoms with van der Waals surface area (Å²) in [5, 5.41) is 0. The highest BCUT2D eigenvalue weighted by Crippen LogP contribution is 2.36. The van der Waals surface area contributed by atoms with E-state index in [4.69, 9.17) is 17.0 Å². The number of Topliss-reactive ketones (excluding diaryl/α,β-unsaturated/α-hetero) is 1. The number of aromatic nitrogens is 1. The molecule has 2 bridgehead atoms. The molecule has 1 aromatic carbocycles. The van der Waals surface area contributed by atoms with Crippen molar-refractivity contribution in [2.24, 2.45) is 5.92 Å². The van der Waals surface area contributed by atoms with Crippen molar-refractivity contribution in [2.75, 3.05) is 25.4 Å². The Balaban J connectivity index is 1.36. The zero-order chi connectivity index (χ0) is 20.4. The second-order valence-corrected chi connectivity index (χ2v) is 9.15. The second kappa shape index (κ2) is 8.71. The normalized spacial score (nSPS) is 20.1. The molecule has 1 aromatic heterocycles. The molecule has 2 aliphatic heterocycles. The number of hydrogen-bond acceptors (Lipinski definition) is 5. The molecule has 1 saturated heterocycles. The number of ether oxygens (including phenoxy) is 1. The van der Waals surface area contributed by atoms with Crippen LogP contribution in [0.15, 0.2) is 47.3 Å². The Morgan fingerprint density at radius 1 is 1.17 bits per heavy atom. The van der Waals surface area contributed by atoms with Crippen LogP contribution in [0, 0.1) is 5.92 Å². The molecule has 0 spiro atoms. The van der Waals surface area contributed by atoms with Gasteiger partial charge in [-0.15, -0.1) is 0 Å². The van der Waals surface area contributed by atoms with Gasteiger partial charge in [-0.25, -0.2) is 0 Å². The molecule has 29 heavy (non-hydrogen) atoms. The van der Waals surface area contributed by atoms with Gasteiger partial charge in [-0.05, 0) is 49.6 Å². The average molecular weight is 429 g/mol. The van der Waals surface area contributed by atoms with Crippen LogP contribution >= 0.6 is 24.0 Å². The molecule has 7 heteroatoms. The maximum Gasteiger partial charge on any atom is 0.250 e. The number of pyridine rings is 1. The molecule has 0 N–H and O–H groups in total. The van der Waals surface area contributed by atoms with Crippen molar-refractivity contribution in [3.8, 4) is 5.75 Å². The van der Waals surface area contributed by atoms with E-state index in [0.29, 0.717) is 29.8 Å². The number of fused-ring (bicyclic) bond motifs is 4. The quantitative estimate of drug-likeness (QED) is 0.536. The standard InChI is InChI=1S/C22H24N2O3S2/c1-2-27-18-8-6-16(7-9-18)20(25)14-29-22(28)23-11-15-10-17(13-23)19-4-3-5-21(26)24(19)12-15/h3-9,15,17H,2,10-14H2,1H3. The van der Waals surface area contributed by atoms with Gasteiger partial charge in [-0.1, -0.05) is 30.0 Å². The Morgan fingerprint density at radius 2 is 1.97 bits per heavy atom. The fourth-order valence-electron chi connectivity index (χ4n) is 4.25. The van der Waals surface area contributed by atoms with Crippen LogP contribution in [-0.4, -0.2) is 45.0 Å². The van der Waals surface area contributed by atoms with Crippen LogP contribution < -0.4 is 10.3 Å². The molecule has 2 atom stereocenters. The van der Waals surface area contributed by atoms with Crippen LogP contribution in [0.3, 0.4) is 0 Å². The molecular weight excluding hydrogens is 404 g/mol. The minimum absolute atomic E-state index is 0.0644. The number of nitrogens with zero attached hydrogens (tertiary/aromatic N) is 2. The molecule has 0 saturated carbocycles. The lowest BCUT2D eigenvalue weighted by atomic mass is 9.83.